The molecule has 0 aromatic heterocycles. The van der Waals surface area contributed by atoms with Crippen LogP contribution in [-0.2, 0) is 9.84 Å². The van der Waals surface area contributed by atoms with Gasteiger partial charge in [0.2, 0.25) is 0 Å². The summed E-state index contributed by atoms with van der Waals surface area (Å²) in [5.74, 6) is 0.0509. The smallest absolute Gasteiger partial charge is 0.178 e. The molecular weight excluding hydrogens is 188 g/mol. The number of carbonyl (C=O) groups is 1. The van der Waals surface area contributed by atoms with Gasteiger partial charge in [-0.3, -0.25) is 4.79 Å². The van der Waals surface area contributed by atoms with Gasteiger partial charge in [0.05, 0.1) is 10.6 Å². The monoisotopic (exact) mass is 198 g/mol. The molecule has 0 aliphatic rings. The molecule has 0 fully saturated rings. The van der Waals surface area contributed by atoms with Gasteiger partial charge < -0.3 is 0 Å². The Balaban J connectivity index is 3.24. The second-order valence-corrected chi connectivity index (χ2v) is 4.87. The lowest BCUT2D eigenvalue weighted by molar-refractivity contribution is 0.112. The van der Waals surface area contributed by atoms with Gasteiger partial charge in [-0.15, -0.1) is 0 Å². The van der Waals surface area contributed by atoms with Crippen LogP contribution in [0.4, 0.5) is 0 Å². The van der Waals surface area contributed by atoms with Crippen molar-refractivity contribution in [1.82, 2.24) is 0 Å². The molecule has 70 valence electrons. The van der Waals surface area contributed by atoms with Crippen LogP contribution in [0.1, 0.15) is 17.3 Å². The highest BCUT2D eigenvalue weighted by atomic mass is 32.2. The summed E-state index contributed by atoms with van der Waals surface area (Å²) in [5.41, 5.74) is 0.384. The summed E-state index contributed by atoms with van der Waals surface area (Å²) in [4.78, 5) is 10.6. The van der Waals surface area contributed by atoms with Crippen LogP contribution in [0.25, 0.3) is 0 Å². The molecule has 0 unspecified atom stereocenters. The molecule has 0 aliphatic carbocycles. The van der Waals surface area contributed by atoms with Crippen LogP contribution in [-0.4, -0.2) is 20.5 Å². The van der Waals surface area contributed by atoms with E-state index in [1.165, 1.54) is 12.1 Å². The van der Waals surface area contributed by atoms with Crippen LogP contribution in [0.2, 0.25) is 0 Å². The lowest BCUT2D eigenvalue weighted by Crippen LogP contribution is -2.03. The molecule has 1 aromatic carbocycles. The Kier molecular flexibility index (Phi) is 2.83. The first-order valence-corrected chi connectivity index (χ1v) is 5.53. The Hall–Kier alpha value is -1.16. The highest BCUT2D eigenvalue weighted by Gasteiger charge is 2.10. The highest BCUT2D eigenvalue weighted by molar-refractivity contribution is 7.91. The normalized spacial score (nSPS) is 11.2. The summed E-state index contributed by atoms with van der Waals surface area (Å²) in [5, 5.41) is 0. The maximum absolute atomic E-state index is 11.4. The van der Waals surface area contributed by atoms with E-state index in [4.69, 9.17) is 0 Å². The number of sulfone groups is 1. The van der Waals surface area contributed by atoms with Crippen LogP contribution >= 0.6 is 0 Å². The van der Waals surface area contributed by atoms with E-state index in [1.54, 1.807) is 19.1 Å². The van der Waals surface area contributed by atoms with Crippen LogP contribution in [0.15, 0.2) is 29.2 Å². The van der Waals surface area contributed by atoms with Gasteiger partial charge in [-0.1, -0.05) is 19.1 Å². The van der Waals surface area contributed by atoms with Crippen molar-refractivity contribution in [2.75, 3.05) is 5.75 Å². The molecule has 0 radical (unpaired) electrons. The number of aldehydes is 1. The molecule has 0 saturated carbocycles. The van der Waals surface area contributed by atoms with Crippen LogP contribution in [0.3, 0.4) is 0 Å². The first kappa shape index (κ1) is 9.92. The fourth-order valence-electron chi connectivity index (χ4n) is 0.948. The third kappa shape index (κ3) is 2.15. The van der Waals surface area contributed by atoms with Gasteiger partial charge in [0.1, 0.15) is 6.29 Å². The Labute approximate surface area is 77.3 Å². The van der Waals surface area contributed by atoms with Gasteiger partial charge in [0, 0.05) is 5.56 Å². The zero-order chi connectivity index (χ0) is 9.90. The summed E-state index contributed by atoms with van der Waals surface area (Å²) in [6.07, 6.45) is 0.634. The molecular formula is C9H10O3S. The van der Waals surface area contributed by atoms with E-state index in [2.05, 4.69) is 0 Å². The Morgan fingerprint density at radius 3 is 2.62 bits per heavy atom. The van der Waals surface area contributed by atoms with E-state index < -0.39 is 9.84 Å². The standard InChI is InChI=1S/C9H10O3S/c1-2-13(11,12)9-5-3-4-8(6-9)7-10/h3-7H,2H2,1H3. The minimum atomic E-state index is -3.19. The van der Waals surface area contributed by atoms with Gasteiger partial charge in [-0.25, -0.2) is 8.42 Å². The van der Waals surface area contributed by atoms with E-state index in [0.29, 0.717) is 11.8 Å². The zero-order valence-corrected chi connectivity index (χ0v) is 8.04. The average molecular weight is 198 g/mol. The van der Waals surface area contributed by atoms with Crippen molar-refractivity contribution in [3.05, 3.63) is 29.8 Å². The maximum Gasteiger partial charge on any atom is 0.178 e. The SMILES string of the molecule is CCS(=O)(=O)c1cccc(C=O)c1. The molecule has 13 heavy (non-hydrogen) atoms. The van der Waals surface area contributed by atoms with Crippen LogP contribution < -0.4 is 0 Å². The van der Waals surface area contributed by atoms with E-state index in [0.717, 1.165) is 0 Å². The Bertz CT molecular complexity index is 407. The molecule has 0 heterocycles. The fraction of sp³-hybridized carbons (Fsp3) is 0.222. The van der Waals surface area contributed by atoms with E-state index in [9.17, 15) is 13.2 Å². The van der Waals surface area contributed by atoms with Crippen molar-refractivity contribution in [3.8, 4) is 0 Å². The molecule has 0 atom stereocenters. The van der Waals surface area contributed by atoms with Crippen molar-refractivity contribution in [1.29, 1.82) is 0 Å². The lowest BCUT2D eigenvalue weighted by atomic mass is 10.2. The van der Waals surface area contributed by atoms with Gasteiger partial charge in [0.15, 0.2) is 9.84 Å². The fourth-order valence-corrected chi connectivity index (χ4v) is 1.88. The topological polar surface area (TPSA) is 51.2 Å². The summed E-state index contributed by atoms with van der Waals surface area (Å²) < 4.78 is 22.7. The van der Waals surface area contributed by atoms with Gasteiger partial charge >= 0.3 is 0 Å². The molecule has 0 N–H and O–H groups in total. The quantitative estimate of drug-likeness (QED) is 0.688. The third-order valence-electron chi connectivity index (χ3n) is 1.73. The minimum absolute atomic E-state index is 0.0509. The Morgan fingerprint density at radius 2 is 2.08 bits per heavy atom. The molecule has 0 bridgehead atoms. The molecule has 1 aromatic rings. The highest BCUT2D eigenvalue weighted by Crippen LogP contribution is 2.11. The number of carbonyl (C=O) groups excluding carboxylic acids is 1. The molecule has 4 heteroatoms. The second kappa shape index (κ2) is 3.70. The Morgan fingerprint density at radius 1 is 1.38 bits per heavy atom. The van der Waals surface area contributed by atoms with Crippen molar-refractivity contribution in [2.24, 2.45) is 0 Å². The largest absolute Gasteiger partial charge is 0.298 e. The predicted molar refractivity (Wildman–Crippen MR) is 49.6 cm³/mol. The van der Waals surface area contributed by atoms with Crippen molar-refractivity contribution >= 4 is 16.1 Å². The third-order valence-corrected chi connectivity index (χ3v) is 3.47. The zero-order valence-electron chi connectivity index (χ0n) is 7.23. The summed E-state index contributed by atoms with van der Waals surface area (Å²) in [6.45, 7) is 1.57. The summed E-state index contributed by atoms with van der Waals surface area (Å²) >= 11 is 0. The predicted octanol–water partition coefficient (Wildman–Crippen LogP) is 1.29. The molecule has 3 nitrogen and oxygen atoms in total. The summed E-state index contributed by atoms with van der Waals surface area (Å²) in [6, 6.07) is 6.01. The van der Waals surface area contributed by atoms with Crippen LogP contribution in [0, 0.1) is 0 Å². The lowest BCUT2D eigenvalue weighted by Gasteiger charge is -2.00. The molecule has 0 spiro atoms. The van der Waals surface area contributed by atoms with Crippen molar-refractivity contribution < 1.29 is 13.2 Å². The van der Waals surface area contributed by atoms with Gasteiger partial charge in [0.25, 0.3) is 0 Å². The van der Waals surface area contributed by atoms with Crippen molar-refractivity contribution in [3.63, 3.8) is 0 Å². The number of rotatable bonds is 3. The van der Waals surface area contributed by atoms with Gasteiger partial charge in [-0.05, 0) is 12.1 Å². The van der Waals surface area contributed by atoms with E-state index >= 15 is 0 Å². The molecule has 0 saturated heterocycles. The minimum Gasteiger partial charge on any atom is -0.298 e. The molecule has 0 aliphatic heterocycles. The number of benzene rings is 1. The van der Waals surface area contributed by atoms with E-state index in [1.807, 2.05) is 0 Å². The molecule has 1 rings (SSSR count). The van der Waals surface area contributed by atoms with E-state index in [-0.39, 0.29) is 10.6 Å². The summed E-state index contributed by atoms with van der Waals surface area (Å²) in [7, 11) is -3.19. The number of hydrogen-bond acceptors (Lipinski definition) is 3. The van der Waals surface area contributed by atoms with Crippen molar-refractivity contribution in [2.45, 2.75) is 11.8 Å². The molecule has 0 amide bonds. The van der Waals surface area contributed by atoms with Crippen LogP contribution in [0.5, 0.6) is 0 Å². The first-order valence-electron chi connectivity index (χ1n) is 3.88. The van der Waals surface area contributed by atoms with Gasteiger partial charge in [-0.2, -0.15) is 0 Å². The number of hydrogen-bond donors (Lipinski definition) is 0. The second-order valence-electron chi connectivity index (χ2n) is 2.59. The average Bonchev–Trinajstić information content (AvgIpc) is 2.18. The maximum atomic E-state index is 11.4. The first-order chi connectivity index (χ1) is 6.10.